The fourth-order valence-corrected chi connectivity index (χ4v) is 4.45. The van der Waals surface area contributed by atoms with E-state index in [1.165, 1.54) is 12.1 Å². The molecule has 8 heteroatoms. The zero-order chi connectivity index (χ0) is 25.7. The van der Waals surface area contributed by atoms with E-state index in [-0.39, 0.29) is 11.5 Å². The lowest BCUT2D eigenvalue weighted by molar-refractivity contribution is -0.112. The lowest BCUT2D eigenvalue weighted by atomic mass is 9.89. The normalized spacial score (nSPS) is 13.7. The van der Waals surface area contributed by atoms with Crippen molar-refractivity contribution in [2.45, 2.75) is 18.8 Å². The van der Waals surface area contributed by atoms with E-state index in [1.807, 2.05) is 17.0 Å². The first-order chi connectivity index (χ1) is 17.4. The van der Waals surface area contributed by atoms with Gasteiger partial charge in [-0.15, -0.1) is 0 Å². The molecule has 4 rings (SSSR count). The maximum absolute atomic E-state index is 13.0. The molecule has 0 atom stereocenters. The number of ketones is 1. The fraction of sp³-hybridized carbons (Fsp3) is 0.250. The number of benzene rings is 3. The van der Waals surface area contributed by atoms with Crippen LogP contribution in [0.3, 0.4) is 0 Å². The van der Waals surface area contributed by atoms with Gasteiger partial charge in [0, 0.05) is 34.9 Å². The minimum absolute atomic E-state index is 0.0298. The third-order valence-electron chi connectivity index (χ3n) is 6.37. The van der Waals surface area contributed by atoms with Gasteiger partial charge >= 0.3 is 0 Å². The van der Waals surface area contributed by atoms with Crippen LogP contribution in [-0.4, -0.2) is 49.8 Å². The number of carbonyl (C=O) groups is 3. The molecule has 0 radical (unpaired) electrons. The maximum Gasteiger partial charge on any atom is 0.296 e. The standard InChI is InChI=1S/C28H27ClN2O5/c1-35-24-12-7-21(17-25(24)36-2)28(34)31-15-13-19(14-16-31)18-5-10-23(11-6-18)30-27(33)26(32)20-3-8-22(29)9-4-20/h3-12,17,19H,13-16H2,1-2H3,(H,30,33). The molecule has 0 aliphatic carbocycles. The van der Waals surface area contributed by atoms with Gasteiger partial charge in [0.15, 0.2) is 11.5 Å². The summed E-state index contributed by atoms with van der Waals surface area (Å²) < 4.78 is 10.6. The van der Waals surface area contributed by atoms with Crippen molar-refractivity contribution in [2.75, 3.05) is 32.6 Å². The van der Waals surface area contributed by atoms with Crippen molar-refractivity contribution < 1.29 is 23.9 Å². The largest absolute Gasteiger partial charge is 0.493 e. The number of nitrogens with zero attached hydrogens (tertiary/aromatic N) is 1. The van der Waals surface area contributed by atoms with Crippen molar-refractivity contribution in [3.05, 3.63) is 88.4 Å². The predicted octanol–water partition coefficient (Wildman–Crippen LogP) is 5.20. The van der Waals surface area contributed by atoms with Gasteiger partial charge in [-0.25, -0.2) is 0 Å². The quantitative estimate of drug-likeness (QED) is 0.352. The van der Waals surface area contributed by atoms with Gasteiger partial charge in [0.25, 0.3) is 17.6 Å². The van der Waals surface area contributed by atoms with E-state index in [9.17, 15) is 14.4 Å². The van der Waals surface area contributed by atoms with Gasteiger partial charge in [-0.05, 0) is 78.9 Å². The Morgan fingerprint density at radius 1 is 0.833 bits per heavy atom. The van der Waals surface area contributed by atoms with Gasteiger partial charge < -0.3 is 19.7 Å². The molecule has 1 saturated heterocycles. The van der Waals surface area contributed by atoms with Crippen LogP contribution in [0.2, 0.25) is 5.02 Å². The number of likely N-dealkylation sites (tertiary alicyclic amines) is 1. The number of piperidine rings is 1. The Bertz CT molecular complexity index is 1250. The second-order valence-corrected chi connectivity index (χ2v) is 8.98. The monoisotopic (exact) mass is 506 g/mol. The second-order valence-electron chi connectivity index (χ2n) is 8.55. The molecular formula is C28H27ClN2O5. The van der Waals surface area contributed by atoms with Crippen LogP contribution in [0, 0.1) is 0 Å². The van der Waals surface area contributed by atoms with Gasteiger partial charge in [0.1, 0.15) is 0 Å². The van der Waals surface area contributed by atoms with E-state index in [4.69, 9.17) is 21.1 Å². The third-order valence-corrected chi connectivity index (χ3v) is 6.62. The Morgan fingerprint density at radius 3 is 2.06 bits per heavy atom. The summed E-state index contributed by atoms with van der Waals surface area (Å²) in [5.74, 6) is 0.0639. The highest BCUT2D eigenvalue weighted by Gasteiger charge is 2.25. The predicted molar refractivity (Wildman–Crippen MR) is 138 cm³/mol. The number of amides is 2. The van der Waals surface area contributed by atoms with Crippen LogP contribution in [-0.2, 0) is 4.79 Å². The topological polar surface area (TPSA) is 84.9 Å². The average Bonchev–Trinajstić information content (AvgIpc) is 2.92. The van der Waals surface area contributed by atoms with E-state index in [0.29, 0.717) is 46.8 Å². The molecule has 36 heavy (non-hydrogen) atoms. The number of rotatable bonds is 7. The molecule has 1 N–H and O–H groups in total. The van der Waals surface area contributed by atoms with Crippen LogP contribution < -0.4 is 14.8 Å². The van der Waals surface area contributed by atoms with Crippen molar-refractivity contribution in [3.8, 4) is 11.5 Å². The number of Topliss-reactive ketones (excluding diaryl/α,β-unsaturated/α-hetero) is 1. The summed E-state index contributed by atoms with van der Waals surface area (Å²) in [5.41, 5.74) is 2.53. The van der Waals surface area contributed by atoms with Crippen molar-refractivity contribution in [2.24, 2.45) is 0 Å². The fourth-order valence-electron chi connectivity index (χ4n) is 4.33. The SMILES string of the molecule is COc1ccc(C(=O)N2CCC(c3ccc(NC(=O)C(=O)c4ccc(Cl)cc4)cc3)CC2)cc1OC. The second kappa shape index (κ2) is 11.3. The van der Waals surface area contributed by atoms with Crippen molar-refractivity contribution >= 4 is 34.9 Å². The lowest BCUT2D eigenvalue weighted by Gasteiger charge is -2.32. The number of hydrogen-bond donors (Lipinski definition) is 1. The molecule has 1 aliphatic rings. The minimum atomic E-state index is -0.702. The molecule has 3 aromatic carbocycles. The zero-order valence-corrected chi connectivity index (χ0v) is 20.9. The van der Waals surface area contributed by atoms with Gasteiger partial charge in [-0.3, -0.25) is 14.4 Å². The van der Waals surface area contributed by atoms with Crippen molar-refractivity contribution in [1.82, 2.24) is 4.90 Å². The molecule has 0 saturated carbocycles. The Hall–Kier alpha value is -3.84. The molecule has 186 valence electrons. The summed E-state index contributed by atoms with van der Waals surface area (Å²) in [6, 6.07) is 18.9. The number of carbonyl (C=O) groups excluding carboxylic acids is 3. The van der Waals surface area contributed by atoms with Crippen LogP contribution in [0.5, 0.6) is 11.5 Å². The van der Waals surface area contributed by atoms with E-state index >= 15 is 0 Å². The summed E-state index contributed by atoms with van der Waals surface area (Å²) in [6.07, 6.45) is 1.67. The zero-order valence-electron chi connectivity index (χ0n) is 20.1. The Balaban J connectivity index is 1.32. The number of hydrogen-bond acceptors (Lipinski definition) is 5. The summed E-state index contributed by atoms with van der Waals surface area (Å²) >= 11 is 5.84. The van der Waals surface area contributed by atoms with Gasteiger partial charge in [-0.2, -0.15) is 0 Å². The smallest absolute Gasteiger partial charge is 0.296 e. The van der Waals surface area contributed by atoms with Crippen LogP contribution in [0.1, 0.15) is 45.0 Å². The summed E-state index contributed by atoms with van der Waals surface area (Å²) in [7, 11) is 3.11. The van der Waals surface area contributed by atoms with Crippen LogP contribution in [0.25, 0.3) is 0 Å². The molecule has 1 heterocycles. The Labute approximate surface area is 215 Å². The summed E-state index contributed by atoms with van der Waals surface area (Å²) in [5, 5.41) is 3.15. The molecule has 3 aromatic rings. The molecular weight excluding hydrogens is 480 g/mol. The molecule has 0 unspecified atom stereocenters. The molecule has 2 amide bonds. The number of nitrogens with one attached hydrogen (secondary N) is 1. The maximum atomic E-state index is 13.0. The van der Waals surface area contributed by atoms with Crippen molar-refractivity contribution in [3.63, 3.8) is 0 Å². The van der Waals surface area contributed by atoms with Gasteiger partial charge in [0.2, 0.25) is 0 Å². The number of halogens is 1. The van der Waals surface area contributed by atoms with E-state index < -0.39 is 11.7 Å². The van der Waals surface area contributed by atoms with Crippen LogP contribution >= 0.6 is 11.6 Å². The average molecular weight is 507 g/mol. The number of anilines is 1. The molecule has 0 aromatic heterocycles. The first-order valence-corrected chi connectivity index (χ1v) is 12.0. The highest BCUT2D eigenvalue weighted by molar-refractivity contribution is 6.46. The van der Waals surface area contributed by atoms with E-state index in [2.05, 4.69) is 5.32 Å². The molecule has 0 bridgehead atoms. The lowest BCUT2D eigenvalue weighted by Crippen LogP contribution is -2.37. The Kier molecular flexibility index (Phi) is 7.90. The minimum Gasteiger partial charge on any atom is -0.493 e. The first-order valence-electron chi connectivity index (χ1n) is 11.6. The highest BCUT2D eigenvalue weighted by Crippen LogP contribution is 2.31. The summed E-state index contributed by atoms with van der Waals surface area (Å²) in [6.45, 7) is 1.29. The molecule has 7 nitrogen and oxygen atoms in total. The van der Waals surface area contributed by atoms with Crippen LogP contribution in [0.4, 0.5) is 5.69 Å². The highest BCUT2D eigenvalue weighted by atomic mass is 35.5. The van der Waals surface area contributed by atoms with Gasteiger partial charge in [0.05, 0.1) is 14.2 Å². The molecule has 1 aliphatic heterocycles. The van der Waals surface area contributed by atoms with E-state index in [1.54, 1.807) is 56.7 Å². The van der Waals surface area contributed by atoms with Gasteiger partial charge in [-0.1, -0.05) is 23.7 Å². The van der Waals surface area contributed by atoms with Crippen molar-refractivity contribution in [1.29, 1.82) is 0 Å². The Morgan fingerprint density at radius 2 is 1.44 bits per heavy atom. The number of ether oxygens (including phenoxy) is 2. The van der Waals surface area contributed by atoms with Crippen LogP contribution in [0.15, 0.2) is 66.7 Å². The molecule has 1 fully saturated rings. The third kappa shape index (κ3) is 5.69. The number of methoxy groups -OCH3 is 2. The summed E-state index contributed by atoms with van der Waals surface area (Å²) in [4.78, 5) is 39.5. The molecule has 0 spiro atoms. The van der Waals surface area contributed by atoms with E-state index in [0.717, 1.165) is 18.4 Å². The first kappa shape index (κ1) is 25.3.